The molecule has 1 heterocycles. The molecule has 5 heteroatoms. The molecule has 0 atom stereocenters. The predicted molar refractivity (Wildman–Crippen MR) is 77.1 cm³/mol. The molecule has 0 spiro atoms. The number of hydrogen-bond acceptors (Lipinski definition) is 3. The van der Waals surface area contributed by atoms with Gasteiger partial charge in [-0.15, -0.1) is 0 Å². The van der Waals surface area contributed by atoms with Gasteiger partial charge in [0, 0.05) is 25.5 Å². The van der Waals surface area contributed by atoms with Crippen molar-refractivity contribution in [2.45, 2.75) is 13.5 Å². The van der Waals surface area contributed by atoms with Gasteiger partial charge in [0.25, 0.3) is 5.91 Å². The second-order valence-corrected chi connectivity index (χ2v) is 4.53. The Labute approximate surface area is 117 Å². The summed E-state index contributed by atoms with van der Waals surface area (Å²) in [7, 11) is 1.63. The highest BCUT2D eigenvalue weighted by molar-refractivity contribution is 6.03. The molecule has 0 aliphatic rings. The number of nitrogens with one attached hydrogen (secondary N) is 1. The molecule has 0 saturated heterocycles. The summed E-state index contributed by atoms with van der Waals surface area (Å²) in [6.07, 6.45) is 1.84. The summed E-state index contributed by atoms with van der Waals surface area (Å²) in [4.78, 5) is 12.3. The number of carbonyl (C=O) groups is 1. The van der Waals surface area contributed by atoms with E-state index in [1.165, 1.54) is 0 Å². The van der Waals surface area contributed by atoms with Crippen molar-refractivity contribution in [2.75, 3.05) is 19.0 Å². The number of anilines is 1. The van der Waals surface area contributed by atoms with Gasteiger partial charge in [-0.25, -0.2) is 0 Å². The first-order valence-electron chi connectivity index (χ1n) is 6.37. The van der Waals surface area contributed by atoms with Crippen LogP contribution in [-0.4, -0.2) is 29.3 Å². The van der Waals surface area contributed by atoms with Crippen LogP contribution in [0.1, 0.15) is 16.1 Å². The lowest BCUT2D eigenvalue weighted by molar-refractivity contribution is 0.101. The Morgan fingerprint density at radius 1 is 1.40 bits per heavy atom. The number of amides is 1. The first-order valence-corrected chi connectivity index (χ1v) is 6.37. The van der Waals surface area contributed by atoms with Crippen LogP contribution in [0.3, 0.4) is 0 Å². The zero-order valence-corrected chi connectivity index (χ0v) is 11.6. The fraction of sp³-hybridized carbons (Fsp3) is 0.267. The number of phenols is 1. The van der Waals surface area contributed by atoms with Crippen molar-refractivity contribution in [1.29, 1.82) is 0 Å². The molecule has 0 fully saturated rings. The number of ether oxygens (including phenoxy) is 1. The zero-order valence-electron chi connectivity index (χ0n) is 11.6. The molecule has 1 aromatic heterocycles. The van der Waals surface area contributed by atoms with Crippen molar-refractivity contribution in [2.24, 2.45) is 0 Å². The van der Waals surface area contributed by atoms with Crippen LogP contribution >= 0.6 is 0 Å². The Morgan fingerprint density at radius 3 is 2.90 bits per heavy atom. The van der Waals surface area contributed by atoms with E-state index >= 15 is 0 Å². The third kappa shape index (κ3) is 3.19. The molecule has 0 aliphatic heterocycles. The molecular formula is C15H18N2O3. The molecule has 0 radical (unpaired) electrons. The smallest absolute Gasteiger partial charge is 0.272 e. The topological polar surface area (TPSA) is 63.5 Å². The van der Waals surface area contributed by atoms with Crippen molar-refractivity contribution in [3.63, 3.8) is 0 Å². The summed E-state index contributed by atoms with van der Waals surface area (Å²) in [5.41, 5.74) is 2.08. The van der Waals surface area contributed by atoms with E-state index in [-0.39, 0.29) is 11.7 Å². The summed E-state index contributed by atoms with van der Waals surface area (Å²) in [5, 5.41) is 12.2. The number of hydrogen-bond donors (Lipinski definition) is 2. The van der Waals surface area contributed by atoms with Crippen LogP contribution < -0.4 is 5.32 Å². The van der Waals surface area contributed by atoms with Crippen molar-refractivity contribution >= 4 is 11.6 Å². The molecule has 0 unspecified atom stereocenters. The van der Waals surface area contributed by atoms with Crippen LogP contribution in [0, 0.1) is 6.92 Å². The molecule has 2 rings (SSSR count). The molecular weight excluding hydrogens is 256 g/mol. The van der Waals surface area contributed by atoms with Gasteiger partial charge in [0.15, 0.2) is 0 Å². The number of carbonyl (C=O) groups excluding carboxylic acids is 1. The lowest BCUT2D eigenvalue weighted by Crippen LogP contribution is -2.18. The maximum Gasteiger partial charge on any atom is 0.272 e. The van der Waals surface area contributed by atoms with Crippen LogP contribution in [0.25, 0.3) is 0 Å². The average molecular weight is 274 g/mol. The Morgan fingerprint density at radius 2 is 2.20 bits per heavy atom. The van der Waals surface area contributed by atoms with Gasteiger partial charge in [-0.2, -0.15) is 0 Å². The molecule has 0 aliphatic carbocycles. The van der Waals surface area contributed by atoms with Crippen molar-refractivity contribution in [1.82, 2.24) is 4.57 Å². The fourth-order valence-corrected chi connectivity index (χ4v) is 1.98. The molecule has 0 bridgehead atoms. The first-order chi connectivity index (χ1) is 9.61. The minimum atomic E-state index is -0.181. The second kappa shape index (κ2) is 6.25. The normalized spacial score (nSPS) is 10.5. The largest absolute Gasteiger partial charge is 0.508 e. The maximum absolute atomic E-state index is 12.3. The van der Waals surface area contributed by atoms with Crippen molar-refractivity contribution in [3.05, 3.63) is 47.8 Å². The number of aryl methyl sites for hydroxylation is 1. The zero-order chi connectivity index (χ0) is 14.5. The predicted octanol–water partition coefficient (Wildman–Crippen LogP) is 2.40. The highest BCUT2D eigenvalue weighted by Crippen LogP contribution is 2.20. The van der Waals surface area contributed by atoms with E-state index in [4.69, 9.17) is 4.74 Å². The highest BCUT2D eigenvalue weighted by Gasteiger charge is 2.12. The quantitative estimate of drug-likeness (QED) is 0.823. The second-order valence-electron chi connectivity index (χ2n) is 4.53. The number of nitrogens with zero attached hydrogens (tertiary/aromatic N) is 1. The minimum Gasteiger partial charge on any atom is -0.508 e. The number of methoxy groups -OCH3 is 1. The Hall–Kier alpha value is -2.27. The molecule has 1 aromatic carbocycles. The summed E-state index contributed by atoms with van der Waals surface area (Å²) in [6.45, 7) is 3.01. The molecule has 1 amide bonds. The summed E-state index contributed by atoms with van der Waals surface area (Å²) in [6, 6.07) is 8.44. The van der Waals surface area contributed by atoms with Crippen LogP contribution in [-0.2, 0) is 11.3 Å². The highest BCUT2D eigenvalue weighted by atomic mass is 16.5. The van der Waals surface area contributed by atoms with E-state index in [0.29, 0.717) is 24.5 Å². The molecule has 2 N–H and O–H groups in total. The van der Waals surface area contributed by atoms with Gasteiger partial charge in [-0.1, -0.05) is 0 Å². The van der Waals surface area contributed by atoms with E-state index in [1.54, 1.807) is 31.4 Å². The van der Waals surface area contributed by atoms with E-state index < -0.39 is 0 Å². The van der Waals surface area contributed by atoms with Gasteiger partial charge in [-0.05, 0) is 42.8 Å². The number of rotatable bonds is 5. The van der Waals surface area contributed by atoms with Gasteiger partial charge in [0.1, 0.15) is 11.4 Å². The fourth-order valence-electron chi connectivity index (χ4n) is 1.98. The minimum absolute atomic E-state index is 0.181. The van der Waals surface area contributed by atoms with Crippen LogP contribution in [0.5, 0.6) is 5.75 Å². The Balaban J connectivity index is 2.14. The lowest BCUT2D eigenvalue weighted by atomic mass is 10.2. The standard InChI is InChI=1S/C15H18N2O3/c1-11-10-12(18)5-6-13(11)16-15(19)14-4-3-7-17(14)8-9-20-2/h3-7,10,18H,8-9H2,1-2H3,(H,16,19). The molecule has 2 aromatic rings. The van der Waals surface area contributed by atoms with E-state index in [0.717, 1.165) is 5.56 Å². The summed E-state index contributed by atoms with van der Waals surface area (Å²) in [5.74, 6) is 0.00358. The van der Waals surface area contributed by atoms with Crippen LogP contribution in [0.2, 0.25) is 0 Å². The number of phenolic OH excluding ortho intramolecular Hbond substituents is 1. The lowest BCUT2D eigenvalue weighted by Gasteiger charge is -2.11. The molecule has 20 heavy (non-hydrogen) atoms. The third-order valence-electron chi connectivity index (χ3n) is 3.06. The number of aromatic nitrogens is 1. The van der Waals surface area contributed by atoms with Gasteiger partial charge < -0.3 is 19.7 Å². The summed E-state index contributed by atoms with van der Waals surface area (Å²) >= 11 is 0. The molecule has 106 valence electrons. The SMILES string of the molecule is COCCn1cccc1C(=O)Nc1ccc(O)cc1C. The Bertz CT molecular complexity index is 605. The monoisotopic (exact) mass is 274 g/mol. The third-order valence-corrected chi connectivity index (χ3v) is 3.06. The van der Waals surface area contributed by atoms with Crippen molar-refractivity contribution < 1.29 is 14.6 Å². The first kappa shape index (κ1) is 14.1. The van der Waals surface area contributed by atoms with E-state index in [1.807, 2.05) is 23.8 Å². The van der Waals surface area contributed by atoms with E-state index in [9.17, 15) is 9.90 Å². The number of aromatic hydroxyl groups is 1. The van der Waals surface area contributed by atoms with E-state index in [2.05, 4.69) is 5.32 Å². The molecule has 0 saturated carbocycles. The van der Waals surface area contributed by atoms with Gasteiger partial charge >= 0.3 is 0 Å². The van der Waals surface area contributed by atoms with Crippen LogP contribution in [0.15, 0.2) is 36.5 Å². The molecule has 5 nitrogen and oxygen atoms in total. The average Bonchev–Trinajstić information content (AvgIpc) is 2.88. The maximum atomic E-state index is 12.3. The summed E-state index contributed by atoms with van der Waals surface area (Å²) < 4.78 is 6.86. The van der Waals surface area contributed by atoms with Gasteiger partial charge in [0.2, 0.25) is 0 Å². The number of benzene rings is 1. The van der Waals surface area contributed by atoms with Gasteiger partial charge in [0.05, 0.1) is 6.61 Å². The van der Waals surface area contributed by atoms with Gasteiger partial charge in [-0.3, -0.25) is 4.79 Å². The van der Waals surface area contributed by atoms with Crippen molar-refractivity contribution in [3.8, 4) is 5.75 Å². The van der Waals surface area contributed by atoms with Crippen LogP contribution in [0.4, 0.5) is 5.69 Å². The Kier molecular flexibility index (Phi) is 4.42.